The summed E-state index contributed by atoms with van der Waals surface area (Å²) in [5.41, 5.74) is 1.81. The van der Waals surface area contributed by atoms with Gasteiger partial charge in [-0.15, -0.1) is 0 Å². The van der Waals surface area contributed by atoms with Crippen LogP contribution in [0.15, 0.2) is 47.0 Å². The molecule has 0 aliphatic carbocycles. The Morgan fingerprint density at radius 1 is 1.17 bits per heavy atom. The number of hydrogen-bond donors (Lipinski definition) is 0. The second-order valence-corrected chi connectivity index (χ2v) is 6.68. The maximum absolute atomic E-state index is 12.5. The topological polar surface area (TPSA) is 86.9 Å². The number of nitrogens with zero attached hydrogens (tertiary/aromatic N) is 3. The van der Waals surface area contributed by atoms with Crippen LogP contribution in [0.2, 0.25) is 0 Å². The van der Waals surface area contributed by atoms with Crippen LogP contribution in [0.1, 0.15) is 17.9 Å². The number of methoxy groups -OCH3 is 1. The summed E-state index contributed by atoms with van der Waals surface area (Å²) in [6.07, 6.45) is 0.978. The van der Waals surface area contributed by atoms with E-state index >= 15 is 0 Å². The van der Waals surface area contributed by atoms with Gasteiger partial charge in [-0.3, -0.25) is 4.79 Å². The van der Waals surface area contributed by atoms with Crippen LogP contribution in [0, 0.1) is 0 Å². The molecule has 1 amide bonds. The van der Waals surface area contributed by atoms with E-state index in [9.17, 15) is 4.79 Å². The lowest BCUT2D eigenvalue weighted by Crippen LogP contribution is -2.26. The summed E-state index contributed by atoms with van der Waals surface area (Å²) >= 11 is 0. The highest BCUT2D eigenvalue weighted by molar-refractivity contribution is 5.76. The number of carbonyl (C=O) groups is 1. The normalized spacial score (nSPS) is 12.1. The zero-order valence-electron chi connectivity index (χ0n) is 16.3. The molecule has 0 saturated carbocycles. The van der Waals surface area contributed by atoms with Crippen LogP contribution in [0.4, 0.5) is 0 Å². The third-order valence-corrected chi connectivity index (χ3v) is 4.66. The summed E-state index contributed by atoms with van der Waals surface area (Å²) in [5, 5.41) is 4.00. The van der Waals surface area contributed by atoms with E-state index in [-0.39, 0.29) is 19.2 Å². The second kappa shape index (κ2) is 8.22. The Kier molecular flexibility index (Phi) is 5.33. The van der Waals surface area contributed by atoms with E-state index in [2.05, 4.69) is 10.1 Å². The lowest BCUT2D eigenvalue weighted by atomic mass is 10.1. The molecule has 0 atom stereocenters. The minimum atomic E-state index is -0.0104. The minimum absolute atomic E-state index is 0.0104. The number of benzene rings is 2. The molecular weight excluding hydrogens is 374 g/mol. The smallest absolute Gasteiger partial charge is 0.246 e. The summed E-state index contributed by atoms with van der Waals surface area (Å²) in [4.78, 5) is 18.4. The van der Waals surface area contributed by atoms with E-state index in [1.54, 1.807) is 19.1 Å². The Morgan fingerprint density at radius 2 is 2.03 bits per heavy atom. The number of aromatic nitrogens is 2. The van der Waals surface area contributed by atoms with Gasteiger partial charge in [0.1, 0.15) is 5.75 Å². The molecule has 29 heavy (non-hydrogen) atoms. The van der Waals surface area contributed by atoms with Crippen molar-refractivity contribution in [3.63, 3.8) is 0 Å². The molecule has 0 radical (unpaired) electrons. The lowest BCUT2D eigenvalue weighted by molar-refractivity contribution is -0.130. The Morgan fingerprint density at radius 3 is 2.90 bits per heavy atom. The van der Waals surface area contributed by atoms with Crippen molar-refractivity contribution in [3.8, 4) is 28.6 Å². The summed E-state index contributed by atoms with van der Waals surface area (Å²) in [6.45, 7) is 0.485. The number of carbonyl (C=O) groups excluding carboxylic acids is 1. The van der Waals surface area contributed by atoms with Gasteiger partial charge in [0, 0.05) is 19.0 Å². The van der Waals surface area contributed by atoms with Gasteiger partial charge >= 0.3 is 0 Å². The van der Waals surface area contributed by atoms with Gasteiger partial charge in [-0.2, -0.15) is 4.98 Å². The third-order valence-electron chi connectivity index (χ3n) is 4.66. The van der Waals surface area contributed by atoms with Crippen molar-refractivity contribution in [2.75, 3.05) is 21.0 Å². The number of ether oxygens (including phenoxy) is 3. The van der Waals surface area contributed by atoms with Gasteiger partial charge in [0.15, 0.2) is 11.5 Å². The van der Waals surface area contributed by atoms with Crippen molar-refractivity contribution in [1.82, 2.24) is 15.0 Å². The monoisotopic (exact) mass is 395 g/mol. The van der Waals surface area contributed by atoms with Crippen LogP contribution in [0.25, 0.3) is 11.4 Å². The average molecular weight is 395 g/mol. The fourth-order valence-corrected chi connectivity index (χ4v) is 3.03. The Bertz CT molecular complexity index is 1020. The summed E-state index contributed by atoms with van der Waals surface area (Å²) in [5.74, 6) is 3.00. The fourth-order valence-electron chi connectivity index (χ4n) is 3.03. The lowest BCUT2D eigenvalue weighted by Gasteiger charge is -2.14. The average Bonchev–Trinajstić information content (AvgIpc) is 3.41. The Balaban J connectivity index is 1.33. The van der Waals surface area contributed by atoms with Crippen molar-refractivity contribution in [3.05, 3.63) is 53.9 Å². The van der Waals surface area contributed by atoms with Gasteiger partial charge < -0.3 is 23.6 Å². The molecular formula is C21H21N3O5. The van der Waals surface area contributed by atoms with Gasteiger partial charge in [0.2, 0.25) is 24.4 Å². The standard InChI is InChI=1S/C21H21N3O5/c1-24(20(25)9-7-14-6-8-17-18(10-14)28-13-27-17)12-19-22-21(23-29-19)15-4-3-5-16(11-15)26-2/h3-6,8,10-11H,7,9,12-13H2,1-2H3. The summed E-state index contributed by atoms with van der Waals surface area (Å²) in [7, 11) is 3.32. The number of rotatable bonds is 7. The number of hydrogen-bond acceptors (Lipinski definition) is 7. The first-order chi connectivity index (χ1) is 14.1. The highest BCUT2D eigenvalue weighted by atomic mass is 16.7. The second-order valence-electron chi connectivity index (χ2n) is 6.68. The van der Waals surface area contributed by atoms with Crippen LogP contribution < -0.4 is 14.2 Å². The number of aryl methyl sites for hydroxylation is 1. The van der Waals surface area contributed by atoms with Gasteiger partial charge in [-0.25, -0.2) is 0 Å². The quantitative estimate of drug-likeness (QED) is 0.608. The van der Waals surface area contributed by atoms with Crippen LogP contribution in [-0.2, 0) is 17.8 Å². The van der Waals surface area contributed by atoms with Crippen molar-refractivity contribution < 1.29 is 23.5 Å². The van der Waals surface area contributed by atoms with E-state index in [1.165, 1.54) is 0 Å². The highest BCUT2D eigenvalue weighted by Crippen LogP contribution is 2.32. The molecule has 8 nitrogen and oxygen atoms in total. The molecule has 1 aliphatic rings. The molecule has 2 heterocycles. The van der Waals surface area contributed by atoms with Crippen molar-refractivity contribution >= 4 is 5.91 Å². The molecule has 1 aliphatic heterocycles. The van der Waals surface area contributed by atoms with Crippen LogP contribution in [0.3, 0.4) is 0 Å². The van der Waals surface area contributed by atoms with E-state index in [4.69, 9.17) is 18.7 Å². The van der Waals surface area contributed by atoms with Gasteiger partial charge in [0.05, 0.1) is 13.7 Å². The molecule has 3 aromatic rings. The summed E-state index contributed by atoms with van der Waals surface area (Å²) in [6, 6.07) is 13.1. The highest BCUT2D eigenvalue weighted by Gasteiger charge is 2.17. The molecule has 2 aromatic carbocycles. The number of fused-ring (bicyclic) bond motifs is 1. The first-order valence-electron chi connectivity index (χ1n) is 9.22. The van der Waals surface area contributed by atoms with E-state index in [1.807, 2.05) is 42.5 Å². The first kappa shape index (κ1) is 18.8. The van der Waals surface area contributed by atoms with E-state index in [0.29, 0.717) is 30.3 Å². The maximum Gasteiger partial charge on any atom is 0.246 e. The molecule has 0 bridgehead atoms. The van der Waals surface area contributed by atoms with Crippen molar-refractivity contribution in [2.45, 2.75) is 19.4 Å². The van der Waals surface area contributed by atoms with Crippen LogP contribution >= 0.6 is 0 Å². The Hall–Kier alpha value is -3.55. The molecule has 8 heteroatoms. The predicted octanol–water partition coefficient (Wildman–Crippen LogP) is 3.07. The molecule has 1 aromatic heterocycles. The molecule has 0 saturated heterocycles. The molecule has 4 rings (SSSR count). The van der Waals surface area contributed by atoms with Crippen LogP contribution in [0.5, 0.6) is 17.2 Å². The SMILES string of the molecule is COc1cccc(-c2noc(CN(C)C(=O)CCc3ccc4c(c3)OCO4)n2)c1. The Labute approximate surface area is 168 Å². The number of amides is 1. The molecule has 0 spiro atoms. The van der Waals surface area contributed by atoms with Gasteiger partial charge in [-0.1, -0.05) is 23.4 Å². The third kappa shape index (κ3) is 4.31. The van der Waals surface area contributed by atoms with Crippen LogP contribution in [-0.4, -0.2) is 41.9 Å². The van der Waals surface area contributed by atoms with E-state index < -0.39 is 0 Å². The van der Waals surface area contributed by atoms with E-state index in [0.717, 1.165) is 22.6 Å². The largest absolute Gasteiger partial charge is 0.497 e. The molecule has 150 valence electrons. The molecule has 0 N–H and O–H groups in total. The maximum atomic E-state index is 12.5. The first-order valence-corrected chi connectivity index (χ1v) is 9.22. The minimum Gasteiger partial charge on any atom is -0.497 e. The zero-order chi connectivity index (χ0) is 20.2. The fraction of sp³-hybridized carbons (Fsp3) is 0.286. The van der Waals surface area contributed by atoms with Crippen molar-refractivity contribution in [1.29, 1.82) is 0 Å². The molecule has 0 unspecified atom stereocenters. The van der Waals surface area contributed by atoms with Crippen molar-refractivity contribution in [2.24, 2.45) is 0 Å². The zero-order valence-corrected chi connectivity index (χ0v) is 16.3. The predicted molar refractivity (Wildman–Crippen MR) is 104 cm³/mol. The summed E-state index contributed by atoms with van der Waals surface area (Å²) < 4.78 is 21.2. The van der Waals surface area contributed by atoms with Gasteiger partial charge in [0.25, 0.3) is 0 Å². The van der Waals surface area contributed by atoms with Gasteiger partial charge in [-0.05, 0) is 36.2 Å². The molecule has 0 fully saturated rings.